The van der Waals surface area contributed by atoms with E-state index >= 15 is 0 Å². The Hall–Kier alpha value is -2.47. The lowest BCUT2D eigenvalue weighted by molar-refractivity contribution is -0.143. The van der Waals surface area contributed by atoms with Crippen molar-refractivity contribution >= 4 is 23.2 Å². The molecule has 1 heterocycles. The third kappa shape index (κ3) is 6.00. The van der Waals surface area contributed by atoms with E-state index in [1.807, 2.05) is 17.5 Å². The summed E-state index contributed by atoms with van der Waals surface area (Å²) in [5, 5.41) is 1.98. The zero-order valence-corrected chi connectivity index (χ0v) is 17.4. The van der Waals surface area contributed by atoms with Crippen LogP contribution < -0.4 is 0 Å². The summed E-state index contributed by atoms with van der Waals surface area (Å²) >= 11 is 1.59. The third-order valence-corrected chi connectivity index (χ3v) is 6.12. The Bertz CT molecular complexity index is 814. The predicted molar refractivity (Wildman–Crippen MR) is 114 cm³/mol. The molecule has 0 N–H and O–H groups in total. The Morgan fingerprint density at radius 3 is 2.45 bits per heavy atom. The van der Waals surface area contributed by atoms with E-state index in [-0.39, 0.29) is 30.1 Å². The molecule has 1 saturated carbocycles. The number of rotatable bonds is 9. The average Bonchev–Trinajstić information content (AvgIpc) is 3.42. The maximum absolute atomic E-state index is 13.2. The van der Waals surface area contributed by atoms with Crippen LogP contribution in [0.5, 0.6) is 0 Å². The molecule has 1 aromatic heterocycles. The molecule has 29 heavy (non-hydrogen) atoms. The van der Waals surface area contributed by atoms with Crippen molar-refractivity contribution in [2.45, 2.75) is 38.8 Å². The fourth-order valence-electron chi connectivity index (χ4n) is 3.72. The number of hydrogen-bond acceptors (Lipinski definition) is 3. The second kappa shape index (κ2) is 10.3. The van der Waals surface area contributed by atoms with E-state index in [1.165, 1.54) is 12.1 Å². The van der Waals surface area contributed by atoms with Crippen LogP contribution in [-0.2, 0) is 22.7 Å². The Balaban J connectivity index is 1.73. The summed E-state index contributed by atoms with van der Waals surface area (Å²) < 4.78 is 13.2. The van der Waals surface area contributed by atoms with Gasteiger partial charge in [-0.15, -0.1) is 17.9 Å². The van der Waals surface area contributed by atoms with Gasteiger partial charge in [0.2, 0.25) is 11.8 Å². The summed E-state index contributed by atoms with van der Waals surface area (Å²) in [7, 11) is 0. The molecule has 0 spiro atoms. The highest BCUT2D eigenvalue weighted by molar-refractivity contribution is 7.09. The van der Waals surface area contributed by atoms with Crippen LogP contribution >= 0.6 is 11.3 Å². The molecule has 6 heteroatoms. The first-order valence-electron chi connectivity index (χ1n) is 10.0. The lowest BCUT2D eigenvalue weighted by atomic mass is 10.1. The molecular formula is C23H27FN2O2S. The van der Waals surface area contributed by atoms with Gasteiger partial charge >= 0.3 is 0 Å². The van der Waals surface area contributed by atoms with Gasteiger partial charge in [-0.25, -0.2) is 4.39 Å². The lowest BCUT2D eigenvalue weighted by Crippen LogP contribution is -2.44. The molecule has 2 aromatic rings. The van der Waals surface area contributed by atoms with Gasteiger partial charge in [-0.3, -0.25) is 9.59 Å². The van der Waals surface area contributed by atoms with E-state index in [9.17, 15) is 14.0 Å². The van der Waals surface area contributed by atoms with Crippen molar-refractivity contribution in [3.8, 4) is 0 Å². The van der Waals surface area contributed by atoms with Gasteiger partial charge in [-0.1, -0.05) is 37.1 Å². The topological polar surface area (TPSA) is 40.6 Å². The first-order chi connectivity index (χ1) is 14.1. The smallest absolute Gasteiger partial charge is 0.242 e. The number of benzene rings is 1. The highest BCUT2D eigenvalue weighted by atomic mass is 32.1. The Morgan fingerprint density at radius 1 is 1.10 bits per heavy atom. The van der Waals surface area contributed by atoms with E-state index in [0.717, 1.165) is 36.1 Å². The van der Waals surface area contributed by atoms with Crippen LogP contribution in [0.2, 0.25) is 0 Å². The van der Waals surface area contributed by atoms with Crippen molar-refractivity contribution in [3.63, 3.8) is 0 Å². The lowest BCUT2D eigenvalue weighted by Gasteiger charge is -2.28. The van der Waals surface area contributed by atoms with Crippen molar-refractivity contribution in [2.75, 3.05) is 13.1 Å². The van der Waals surface area contributed by atoms with Crippen molar-refractivity contribution in [3.05, 3.63) is 70.7 Å². The summed E-state index contributed by atoms with van der Waals surface area (Å²) in [4.78, 5) is 30.5. The van der Waals surface area contributed by atoms with Crippen LogP contribution in [0.4, 0.5) is 4.39 Å². The standard InChI is InChI=1S/C23H27FN2O2S/c1-2-13-25(23(28)19-6-3-4-7-19)17-22(27)26(16-21-8-5-14-29-21)15-18-9-11-20(24)12-10-18/h2,5,8-12,14,19H,1,3-4,6-7,13,15-17H2. The summed E-state index contributed by atoms with van der Waals surface area (Å²) in [6.45, 7) is 4.98. The third-order valence-electron chi connectivity index (χ3n) is 5.26. The summed E-state index contributed by atoms with van der Waals surface area (Å²) in [6.07, 6.45) is 5.61. The maximum atomic E-state index is 13.2. The number of thiophene rings is 1. The maximum Gasteiger partial charge on any atom is 0.242 e. The van der Waals surface area contributed by atoms with E-state index in [2.05, 4.69) is 6.58 Å². The van der Waals surface area contributed by atoms with Crippen LogP contribution in [-0.4, -0.2) is 34.7 Å². The molecule has 154 valence electrons. The van der Waals surface area contributed by atoms with Gasteiger partial charge in [-0.2, -0.15) is 0 Å². The Kier molecular flexibility index (Phi) is 7.58. The number of amides is 2. The van der Waals surface area contributed by atoms with Crippen molar-refractivity contribution in [2.24, 2.45) is 5.92 Å². The highest BCUT2D eigenvalue weighted by Gasteiger charge is 2.29. The average molecular weight is 415 g/mol. The predicted octanol–water partition coefficient (Wildman–Crippen LogP) is 4.62. The molecule has 0 saturated heterocycles. The largest absolute Gasteiger partial charge is 0.332 e. The van der Waals surface area contributed by atoms with Gasteiger partial charge in [0.15, 0.2) is 0 Å². The number of nitrogens with zero attached hydrogens (tertiary/aromatic N) is 2. The number of carbonyl (C=O) groups excluding carboxylic acids is 2. The fourth-order valence-corrected chi connectivity index (χ4v) is 4.44. The minimum Gasteiger partial charge on any atom is -0.332 e. The van der Waals surface area contributed by atoms with E-state index in [4.69, 9.17) is 0 Å². The molecule has 3 rings (SSSR count). The molecule has 1 aliphatic rings. The normalized spacial score (nSPS) is 14.0. The van der Waals surface area contributed by atoms with E-state index in [1.54, 1.807) is 39.3 Å². The van der Waals surface area contributed by atoms with E-state index in [0.29, 0.717) is 19.6 Å². The summed E-state index contributed by atoms with van der Waals surface area (Å²) in [5.74, 6) is -0.348. The van der Waals surface area contributed by atoms with Crippen molar-refractivity contribution in [1.29, 1.82) is 0 Å². The van der Waals surface area contributed by atoms with Gasteiger partial charge in [0, 0.05) is 23.9 Å². The minimum atomic E-state index is -0.302. The first kappa shape index (κ1) is 21.2. The fraction of sp³-hybridized carbons (Fsp3) is 0.391. The molecule has 0 atom stereocenters. The second-order valence-corrected chi connectivity index (χ2v) is 8.48. The minimum absolute atomic E-state index is 0.0191. The SMILES string of the molecule is C=CCN(CC(=O)N(Cc1ccc(F)cc1)Cc1cccs1)C(=O)C1CCCC1. The molecule has 0 radical (unpaired) electrons. The van der Waals surface area contributed by atoms with Crippen molar-refractivity contribution in [1.82, 2.24) is 9.80 Å². The molecule has 1 aromatic carbocycles. The zero-order valence-electron chi connectivity index (χ0n) is 16.6. The quantitative estimate of drug-likeness (QED) is 0.562. The Morgan fingerprint density at radius 2 is 1.83 bits per heavy atom. The van der Waals surface area contributed by atoms with Gasteiger partial charge in [0.25, 0.3) is 0 Å². The van der Waals surface area contributed by atoms with Gasteiger partial charge in [0.1, 0.15) is 12.4 Å². The van der Waals surface area contributed by atoms with Gasteiger partial charge < -0.3 is 9.80 Å². The zero-order chi connectivity index (χ0) is 20.6. The molecule has 1 fully saturated rings. The summed E-state index contributed by atoms with van der Waals surface area (Å²) in [5.41, 5.74) is 0.855. The van der Waals surface area contributed by atoms with Gasteiger partial charge in [-0.05, 0) is 42.0 Å². The molecule has 0 unspecified atom stereocenters. The van der Waals surface area contributed by atoms with Crippen LogP contribution in [0.3, 0.4) is 0 Å². The molecule has 4 nitrogen and oxygen atoms in total. The van der Waals surface area contributed by atoms with Crippen LogP contribution in [0.1, 0.15) is 36.1 Å². The molecule has 0 bridgehead atoms. The van der Waals surface area contributed by atoms with E-state index < -0.39 is 0 Å². The summed E-state index contributed by atoms with van der Waals surface area (Å²) in [6, 6.07) is 10.1. The van der Waals surface area contributed by atoms with Crippen molar-refractivity contribution < 1.29 is 14.0 Å². The number of halogens is 1. The highest BCUT2D eigenvalue weighted by Crippen LogP contribution is 2.26. The molecule has 1 aliphatic carbocycles. The van der Waals surface area contributed by atoms with Crippen LogP contribution in [0, 0.1) is 11.7 Å². The molecule has 0 aliphatic heterocycles. The second-order valence-electron chi connectivity index (χ2n) is 7.44. The van der Waals surface area contributed by atoms with Crippen LogP contribution in [0.25, 0.3) is 0 Å². The Labute approximate surface area is 175 Å². The molecular weight excluding hydrogens is 387 g/mol. The number of carbonyl (C=O) groups is 2. The number of hydrogen-bond donors (Lipinski definition) is 0. The van der Waals surface area contributed by atoms with Gasteiger partial charge in [0.05, 0.1) is 6.54 Å². The first-order valence-corrected chi connectivity index (χ1v) is 10.9. The van der Waals surface area contributed by atoms with Crippen LogP contribution in [0.15, 0.2) is 54.4 Å². The monoisotopic (exact) mass is 414 g/mol. The molecule has 2 amide bonds.